The zero-order valence-corrected chi connectivity index (χ0v) is 13.4. The minimum absolute atomic E-state index is 0.201. The molecule has 0 aromatic heterocycles. The molecular weight excluding hydrogens is 328 g/mol. The summed E-state index contributed by atoms with van der Waals surface area (Å²) in [6, 6.07) is -1.86. The van der Waals surface area contributed by atoms with Gasteiger partial charge in [0.25, 0.3) is 5.91 Å². The van der Waals surface area contributed by atoms with Gasteiger partial charge in [-0.1, -0.05) is 6.42 Å². The minimum Gasteiger partial charge on any atom is -0.309 e. The van der Waals surface area contributed by atoms with Gasteiger partial charge in [-0.2, -0.15) is 13.5 Å². The number of rotatable bonds is 4. The third-order valence-corrected chi connectivity index (χ3v) is 4.77. The van der Waals surface area contributed by atoms with E-state index in [1.807, 2.05) is 5.01 Å². The number of hydrogen-bond donors (Lipinski definition) is 2. The first-order chi connectivity index (χ1) is 10.8. The fourth-order valence-corrected chi connectivity index (χ4v) is 3.73. The molecule has 3 amide bonds. The number of urea groups is 1. The molecule has 3 saturated heterocycles. The van der Waals surface area contributed by atoms with Crippen molar-refractivity contribution in [3.05, 3.63) is 0 Å². The first kappa shape index (κ1) is 16.4. The summed E-state index contributed by atoms with van der Waals surface area (Å²) in [6.07, 6.45) is 4.03. The lowest BCUT2D eigenvalue weighted by Gasteiger charge is -2.33. The van der Waals surface area contributed by atoms with E-state index in [1.165, 1.54) is 4.90 Å². The topological polar surface area (TPSA) is 119 Å². The second kappa shape index (κ2) is 6.23. The maximum Gasteiger partial charge on any atom is 0.418 e. The molecule has 0 saturated carbocycles. The largest absolute Gasteiger partial charge is 0.418 e. The Morgan fingerprint density at radius 2 is 1.91 bits per heavy atom. The molecule has 0 aliphatic carbocycles. The van der Waals surface area contributed by atoms with Crippen molar-refractivity contribution in [3.63, 3.8) is 0 Å². The normalized spacial score (nSPS) is 29.0. The summed E-state index contributed by atoms with van der Waals surface area (Å²) in [5.41, 5.74) is 2.83. The highest BCUT2D eigenvalue weighted by molar-refractivity contribution is 7.80. The van der Waals surface area contributed by atoms with Crippen LogP contribution in [-0.4, -0.2) is 71.6 Å². The molecule has 2 bridgehead atoms. The van der Waals surface area contributed by atoms with Gasteiger partial charge in [0.2, 0.25) is 0 Å². The third-order valence-electron chi connectivity index (χ3n) is 4.42. The molecule has 1 unspecified atom stereocenters. The number of hydroxylamine groups is 2. The first-order valence-electron chi connectivity index (χ1n) is 7.67. The van der Waals surface area contributed by atoms with Crippen LogP contribution in [0.3, 0.4) is 0 Å². The van der Waals surface area contributed by atoms with Crippen molar-refractivity contribution in [1.82, 2.24) is 20.4 Å². The average molecular weight is 348 g/mol. The molecule has 2 N–H and O–H groups in total. The Morgan fingerprint density at radius 1 is 1.22 bits per heavy atom. The number of nitrogens with zero attached hydrogens (tertiary/aromatic N) is 3. The van der Waals surface area contributed by atoms with Crippen LogP contribution in [0.15, 0.2) is 0 Å². The molecule has 3 rings (SSSR count). The number of carbonyl (C=O) groups is 2. The summed E-state index contributed by atoms with van der Waals surface area (Å²) in [5.74, 6) is -0.271. The molecule has 3 aliphatic rings. The van der Waals surface area contributed by atoms with E-state index in [2.05, 4.69) is 9.71 Å². The van der Waals surface area contributed by atoms with Crippen LogP contribution in [0.5, 0.6) is 0 Å². The monoisotopic (exact) mass is 348 g/mol. The van der Waals surface area contributed by atoms with Crippen molar-refractivity contribution in [2.45, 2.75) is 44.2 Å². The van der Waals surface area contributed by atoms with Crippen molar-refractivity contribution < 1.29 is 26.8 Å². The van der Waals surface area contributed by atoms with Crippen molar-refractivity contribution in [2.75, 3.05) is 19.6 Å². The summed E-state index contributed by atoms with van der Waals surface area (Å²) in [6.45, 7) is 1.77. The summed E-state index contributed by atoms with van der Waals surface area (Å²) in [4.78, 5) is 25.9. The number of nitrogens with one attached hydrogen (secondary N) is 1. The first-order valence-corrected chi connectivity index (χ1v) is 9.04. The van der Waals surface area contributed by atoms with Crippen molar-refractivity contribution >= 4 is 22.3 Å². The van der Waals surface area contributed by atoms with E-state index in [9.17, 15) is 18.0 Å². The second-order valence-corrected chi connectivity index (χ2v) is 7.04. The second-order valence-electron chi connectivity index (χ2n) is 6.03. The van der Waals surface area contributed by atoms with Crippen LogP contribution >= 0.6 is 0 Å². The SMILES string of the molecule is O=C(NN1CCCCC1)[C@@H]1CCC2CN1C(=O)N2OS(=O)(=O)O. The fourth-order valence-electron chi connectivity index (χ4n) is 3.34. The van der Waals surface area contributed by atoms with Crippen molar-refractivity contribution in [1.29, 1.82) is 0 Å². The molecule has 3 aliphatic heterocycles. The number of hydrogen-bond acceptors (Lipinski definition) is 6. The van der Waals surface area contributed by atoms with Crippen LogP contribution in [0.25, 0.3) is 0 Å². The van der Waals surface area contributed by atoms with Gasteiger partial charge in [-0.05, 0) is 25.7 Å². The number of fused-ring (bicyclic) bond motifs is 2. The van der Waals surface area contributed by atoms with Crippen LogP contribution in [0.4, 0.5) is 4.79 Å². The molecule has 23 heavy (non-hydrogen) atoms. The molecular formula is C12H20N4O6S. The zero-order chi connectivity index (χ0) is 16.6. The predicted octanol–water partition coefficient (Wildman–Crippen LogP) is -0.493. The molecule has 3 heterocycles. The maximum absolute atomic E-state index is 12.4. The Hall–Kier alpha value is -1.43. The fraction of sp³-hybridized carbons (Fsp3) is 0.833. The molecule has 0 aromatic carbocycles. The third kappa shape index (κ3) is 3.57. The Bertz CT molecular complexity index is 590. The lowest BCUT2D eigenvalue weighted by Crippen LogP contribution is -2.55. The van der Waals surface area contributed by atoms with E-state index < -0.39 is 28.5 Å². The van der Waals surface area contributed by atoms with E-state index in [4.69, 9.17) is 4.55 Å². The summed E-state index contributed by atoms with van der Waals surface area (Å²) in [5, 5.41) is 2.49. The minimum atomic E-state index is -4.77. The molecule has 2 atom stereocenters. The van der Waals surface area contributed by atoms with Crippen molar-refractivity contribution in [3.8, 4) is 0 Å². The zero-order valence-electron chi connectivity index (χ0n) is 12.5. The Balaban J connectivity index is 1.64. The molecule has 0 spiro atoms. The van der Waals surface area contributed by atoms with Crippen LogP contribution in [-0.2, 0) is 19.5 Å². The molecule has 3 fully saturated rings. The van der Waals surface area contributed by atoms with E-state index in [-0.39, 0.29) is 12.5 Å². The summed E-state index contributed by atoms with van der Waals surface area (Å²) in [7, 11) is -4.77. The van der Waals surface area contributed by atoms with E-state index in [1.54, 1.807) is 0 Å². The maximum atomic E-state index is 12.4. The Morgan fingerprint density at radius 3 is 2.57 bits per heavy atom. The molecule has 10 nitrogen and oxygen atoms in total. The highest BCUT2D eigenvalue weighted by Gasteiger charge is 2.49. The van der Waals surface area contributed by atoms with Gasteiger partial charge in [0.1, 0.15) is 6.04 Å². The van der Waals surface area contributed by atoms with Gasteiger partial charge in [0.05, 0.1) is 6.04 Å². The van der Waals surface area contributed by atoms with Gasteiger partial charge in [-0.15, -0.1) is 4.28 Å². The predicted molar refractivity (Wildman–Crippen MR) is 77.0 cm³/mol. The van der Waals surface area contributed by atoms with Crippen LogP contribution in [0.1, 0.15) is 32.1 Å². The standard InChI is InChI=1S/C12H20N4O6S/c17-11(13-14-6-2-1-3-7-14)10-5-4-9-8-15(10)12(18)16(9)22-23(19,20)21/h9-10H,1-8H2,(H,13,17)(H,19,20,21)/t9?,10-/m0/s1. The quantitative estimate of drug-likeness (QED) is 0.658. The number of piperidine rings is 2. The average Bonchev–Trinajstić information content (AvgIpc) is 2.72. The van der Waals surface area contributed by atoms with Gasteiger partial charge in [-0.25, -0.2) is 9.80 Å². The molecule has 130 valence electrons. The van der Waals surface area contributed by atoms with Gasteiger partial charge in [0.15, 0.2) is 0 Å². The van der Waals surface area contributed by atoms with Crippen molar-refractivity contribution in [2.24, 2.45) is 0 Å². The highest BCUT2D eigenvalue weighted by Crippen LogP contribution is 2.30. The lowest BCUT2D eigenvalue weighted by atomic mass is 10.0. The number of carbonyl (C=O) groups excluding carboxylic acids is 2. The van der Waals surface area contributed by atoms with E-state index >= 15 is 0 Å². The number of amides is 3. The Labute approximate surface area is 134 Å². The van der Waals surface area contributed by atoms with E-state index in [0.29, 0.717) is 17.9 Å². The van der Waals surface area contributed by atoms with E-state index in [0.717, 1.165) is 32.4 Å². The molecule has 0 aromatic rings. The lowest BCUT2D eigenvalue weighted by molar-refractivity contribution is -0.131. The Kier molecular flexibility index (Phi) is 4.45. The van der Waals surface area contributed by atoms with Crippen LogP contribution in [0.2, 0.25) is 0 Å². The summed E-state index contributed by atoms with van der Waals surface area (Å²) >= 11 is 0. The van der Waals surface area contributed by atoms with Gasteiger partial charge in [0, 0.05) is 19.6 Å². The van der Waals surface area contributed by atoms with Crippen LogP contribution in [0, 0.1) is 0 Å². The number of hydrazine groups is 1. The van der Waals surface area contributed by atoms with Gasteiger partial charge < -0.3 is 4.90 Å². The van der Waals surface area contributed by atoms with Gasteiger partial charge in [-0.3, -0.25) is 14.8 Å². The summed E-state index contributed by atoms with van der Waals surface area (Å²) < 4.78 is 34.8. The smallest absolute Gasteiger partial charge is 0.309 e. The van der Waals surface area contributed by atoms with Crippen LogP contribution < -0.4 is 5.43 Å². The highest BCUT2D eigenvalue weighted by atomic mass is 32.3. The molecule has 11 heteroatoms. The van der Waals surface area contributed by atoms with Gasteiger partial charge >= 0.3 is 16.4 Å². The molecule has 0 radical (unpaired) electrons.